The number of carbonyl (C=O) groups excluding carboxylic acids is 3. The summed E-state index contributed by atoms with van der Waals surface area (Å²) in [6.45, 7) is 0. The first-order valence-electron chi connectivity index (χ1n) is 9.37. The smallest absolute Gasteiger partial charge is 0.310 e. The van der Waals surface area contributed by atoms with Gasteiger partial charge in [-0.1, -0.05) is 91.0 Å². The van der Waals surface area contributed by atoms with Crippen molar-refractivity contribution in [2.45, 2.75) is 5.60 Å². The van der Waals surface area contributed by atoms with E-state index in [1.807, 2.05) is 5.43 Å². The SMILES string of the molecule is O=C(/C=C(\O)c1ccccc1)C(=O)NNC(=O)C(O)(c1ccccc1)c1ccccc1. The molecule has 0 atom stereocenters. The van der Waals surface area contributed by atoms with Gasteiger partial charge in [-0.05, 0) is 11.1 Å². The van der Waals surface area contributed by atoms with Crippen molar-refractivity contribution >= 4 is 23.4 Å². The number of hydrogen-bond acceptors (Lipinski definition) is 5. The van der Waals surface area contributed by atoms with E-state index < -0.39 is 29.0 Å². The van der Waals surface area contributed by atoms with E-state index in [1.165, 1.54) is 0 Å². The van der Waals surface area contributed by atoms with Crippen LogP contribution in [-0.4, -0.2) is 27.8 Å². The first-order chi connectivity index (χ1) is 14.9. The Kier molecular flexibility index (Phi) is 6.59. The van der Waals surface area contributed by atoms with Gasteiger partial charge in [0.15, 0.2) is 5.60 Å². The monoisotopic (exact) mass is 416 g/mol. The third kappa shape index (κ3) is 4.85. The molecule has 0 spiro atoms. The van der Waals surface area contributed by atoms with Gasteiger partial charge in [0, 0.05) is 11.6 Å². The van der Waals surface area contributed by atoms with Gasteiger partial charge < -0.3 is 10.2 Å². The number of nitrogens with one attached hydrogen (secondary N) is 2. The fourth-order valence-electron chi connectivity index (χ4n) is 2.94. The molecule has 31 heavy (non-hydrogen) atoms. The van der Waals surface area contributed by atoms with Gasteiger partial charge in [0.1, 0.15) is 5.76 Å². The predicted molar refractivity (Wildman–Crippen MR) is 114 cm³/mol. The standard InChI is InChI=1S/C24H20N2O5/c27-20(17-10-4-1-5-11-17)16-21(28)22(29)25-26-23(30)24(31,18-12-6-2-7-13-18)19-14-8-3-9-15-19/h1-16,27,31H,(H,25,29)(H,26,30)/b20-16-. The molecule has 0 radical (unpaired) electrons. The van der Waals surface area contributed by atoms with Gasteiger partial charge in [-0.15, -0.1) is 0 Å². The third-order valence-corrected chi connectivity index (χ3v) is 4.56. The van der Waals surface area contributed by atoms with Gasteiger partial charge in [-0.3, -0.25) is 25.2 Å². The van der Waals surface area contributed by atoms with Crippen LogP contribution in [0.25, 0.3) is 5.76 Å². The average Bonchev–Trinajstić information content (AvgIpc) is 2.83. The van der Waals surface area contributed by atoms with E-state index in [0.29, 0.717) is 5.56 Å². The minimum absolute atomic E-state index is 0.279. The number of aliphatic hydroxyl groups excluding tert-OH is 1. The van der Waals surface area contributed by atoms with E-state index in [1.54, 1.807) is 91.0 Å². The molecule has 3 aromatic carbocycles. The van der Waals surface area contributed by atoms with Crippen LogP contribution < -0.4 is 10.9 Å². The zero-order valence-electron chi connectivity index (χ0n) is 16.4. The summed E-state index contributed by atoms with van der Waals surface area (Å²) in [5, 5.41) is 21.2. The molecule has 7 heteroatoms. The molecule has 3 aromatic rings. The second kappa shape index (κ2) is 9.51. The first-order valence-corrected chi connectivity index (χ1v) is 9.37. The first kappa shape index (κ1) is 21.5. The summed E-state index contributed by atoms with van der Waals surface area (Å²) in [4.78, 5) is 37.1. The predicted octanol–water partition coefficient (Wildman–Crippen LogP) is 2.24. The summed E-state index contributed by atoms with van der Waals surface area (Å²) >= 11 is 0. The van der Waals surface area contributed by atoms with E-state index in [4.69, 9.17) is 0 Å². The van der Waals surface area contributed by atoms with Crippen molar-refractivity contribution < 1.29 is 24.6 Å². The molecule has 4 N–H and O–H groups in total. The average molecular weight is 416 g/mol. The Bertz CT molecular complexity index is 1060. The number of carbonyl (C=O) groups is 3. The van der Waals surface area contributed by atoms with Crippen LogP contribution in [0, 0.1) is 0 Å². The van der Waals surface area contributed by atoms with E-state index in [-0.39, 0.29) is 11.1 Å². The molecule has 0 saturated carbocycles. The van der Waals surface area contributed by atoms with Crippen molar-refractivity contribution in [3.05, 3.63) is 114 Å². The number of hydrogen-bond donors (Lipinski definition) is 4. The quantitative estimate of drug-likeness (QED) is 0.213. The molecule has 0 unspecified atom stereocenters. The molecular weight excluding hydrogens is 396 g/mol. The van der Waals surface area contributed by atoms with Gasteiger partial charge in [0.2, 0.25) is 5.78 Å². The third-order valence-electron chi connectivity index (χ3n) is 4.56. The van der Waals surface area contributed by atoms with Gasteiger partial charge >= 0.3 is 5.91 Å². The van der Waals surface area contributed by atoms with Crippen LogP contribution >= 0.6 is 0 Å². The minimum atomic E-state index is -2.11. The number of aliphatic hydroxyl groups is 2. The van der Waals surface area contributed by atoms with Gasteiger partial charge in [-0.25, -0.2) is 0 Å². The number of benzene rings is 3. The zero-order valence-corrected chi connectivity index (χ0v) is 16.4. The molecule has 0 aliphatic carbocycles. The van der Waals surface area contributed by atoms with Crippen molar-refractivity contribution in [3.8, 4) is 0 Å². The summed E-state index contributed by atoms with van der Waals surface area (Å²) in [7, 11) is 0. The van der Waals surface area contributed by atoms with Gasteiger partial charge in [0.05, 0.1) is 0 Å². The fourth-order valence-corrected chi connectivity index (χ4v) is 2.94. The highest BCUT2D eigenvalue weighted by molar-refractivity contribution is 6.41. The molecule has 0 aromatic heterocycles. The summed E-state index contributed by atoms with van der Waals surface area (Å²) in [6.07, 6.45) is 0.747. The van der Waals surface area contributed by atoms with Crippen molar-refractivity contribution in [2.75, 3.05) is 0 Å². The van der Waals surface area contributed by atoms with Crippen LogP contribution in [0.5, 0.6) is 0 Å². The highest BCUT2D eigenvalue weighted by Gasteiger charge is 2.40. The van der Waals surface area contributed by atoms with Gasteiger partial charge in [0.25, 0.3) is 5.91 Å². The summed E-state index contributed by atoms with van der Waals surface area (Å²) in [5.41, 5.74) is 2.88. The van der Waals surface area contributed by atoms with E-state index in [2.05, 4.69) is 5.43 Å². The van der Waals surface area contributed by atoms with E-state index in [9.17, 15) is 24.6 Å². The normalized spacial score (nSPS) is 11.5. The lowest BCUT2D eigenvalue weighted by Crippen LogP contribution is -2.53. The molecule has 0 heterocycles. The van der Waals surface area contributed by atoms with Crippen molar-refractivity contribution in [1.29, 1.82) is 0 Å². The van der Waals surface area contributed by atoms with Crippen molar-refractivity contribution in [2.24, 2.45) is 0 Å². The number of hydrazine groups is 1. The lowest BCUT2D eigenvalue weighted by atomic mass is 9.85. The maximum absolute atomic E-state index is 12.9. The molecule has 0 bridgehead atoms. The topological polar surface area (TPSA) is 116 Å². The molecule has 0 aliphatic rings. The Morgan fingerprint density at radius 3 is 1.65 bits per heavy atom. The van der Waals surface area contributed by atoms with Crippen LogP contribution in [0.15, 0.2) is 97.1 Å². The molecule has 7 nitrogen and oxygen atoms in total. The summed E-state index contributed by atoms with van der Waals surface area (Å²) < 4.78 is 0. The van der Waals surface area contributed by atoms with Crippen LogP contribution in [0.1, 0.15) is 16.7 Å². The van der Waals surface area contributed by atoms with E-state index in [0.717, 1.165) is 6.08 Å². The lowest BCUT2D eigenvalue weighted by Gasteiger charge is -2.27. The maximum atomic E-state index is 12.9. The Balaban J connectivity index is 1.76. The van der Waals surface area contributed by atoms with Crippen LogP contribution in [0.3, 0.4) is 0 Å². The molecule has 0 saturated heterocycles. The second-order valence-corrected chi connectivity index (χ2v) is 6.61. The highest BCUT2D eigenvalue weighted by atomic mass is 16.3. The molecule has 0 aliphatic heterocycles. The largest absolute Gasteiger partial charge is 0.507 e. The zero-order chi connectivity index (χ0) is 22.3. The molecule has 0 fully saturated rings. The van der Waals surface area contributed by atoms with Crippen molar-refractivity contribution in [1.82, 2.24) is 10.9 Å². The lowest BCUT2D eigenvalue weighted by molar-refractivity contribution is -0.142. The Morgan fingerprint density at radius 2 is 1.16 bits per heavy atom. The Hall–Kier alpha value is -4.23. The summed E-state index contributed by atoms with van der Waals surface area (Å²) in [5.74, 6) is -3.61. The number of ketones is 1. The maximum Gasteiger partial charge on any atom is 0.310 e. The summed E-state index contributed by atoms with van der Waals surface area (Å²) in [6, 6.07) is 24.6. The Labute approximate surface area is 178 Å². The molecular formula is C24H20N2O5. The highest BCUT2D eigenvalue weighted by Crippen LogP contribution is 2.29. The van der Waals surface area contributed by atoms with Crippen LogP contribution in [0.2, 0.25) is 0 Å². The number of rotatable bonds is 6. The van der Waals surface area contributed by atoms with E-state index >= 15 is 0 Å². The fraction of sp³-hybridized carbons (Fsp3) is 0.0417. The van der Waals surface area contributed by atoms with Gasteiger partial charge in [-0.2, -0.15) is 0 Å². The van der Waals surface area contributed by atoms with Crippen LogP contribution in [0.4, 0.5) is 0 Å². The van der Waals surface area contributed by atoms with Crippen molar-refractivity contribution in [3.63, 3.8) is 0 Å². The minimum Gasteiger partial charge on any atom is -0.507 e. The second-order valence-electron chi connectivity index (χ2n) is 6.61. The molecule has 2 amide bonds. The van der Waals surface area contributed by atoms with Crippen LogP contribution in [-0.2, 0) is 20.0 Å². The molecule has 3 rings (SSSR count). The number of amides is 2. The molecule has 156 valence electrons. The Morgan fingerprint density at radius 1 is 0.710 bits per heavy atom.